The highest BCUT2D eigenvalue weighted by Gasteiger charge is 2.33. The molecule has 1 amide bonds. The Labute approximate surface area is 178 Å². The van der Waals surface area contributed by atoms with Crippen LogP contribution < -0.4 is 5.73 Å². The summed E-state index contributed by atoms with van der Waals surface area (Å²) in [5, 5.41) is 4.72. The summed E-state index contributed by atoms with van der Waals surface area (Å²) < 4.78 is 1.96. The summed E-state index contributed by atoms with van der Waals surface area (Å²) in [7, 11) is 1.79. The lowest BCUT2D eigenvalue weighted by Crippen LogP contribution is -2.49. The Balaban J connectivity index is 0.00000300. The third-order valence-corrected chi connectivity index (χ3v) is 5.34. The standard InChI is InChI=1S/C23H28N4O.ClH/c1-16-11-9-10-14-21(16)27-18(3)20(17(2)25-27)15-26(5)22(28)23(4,24)19-12-7-6-8-13-19;/h6-14H,15,24H2,1-5H3;1H. The van der Waals surface area contributed by atoms with Crippen molar-refractivity contribution in [3.63, 3.8) is 0 Å². The van der Waals surface area contributed by atoms with E-state index in [2.05, 4.69) is 19.1 Å². The van der Waals surface area contributed by atoms with Crippen molar-refractivity contribution in [2.75, 3.05) is 7.05 Å². The van der Waals surface area contributed by atoms with E-state index >= 15 is 0 Å². The summed E-state index contributed by atoms with van der Waals surface area (Å²) >= 11 is 0. The highest BCUT2D eigenvalue weighted by Crippen LogP contribution is 2.24. The van der Waals surface area contributed by atoms with E-state index in [1.807, 2.05) is 61.0 Å². The Morgan fingerprint density at radius 3 is 2.28 bits per heavy atom. The van der Waals surface area contributed by atoms with Crippen molar-refractivity contribution in [3.05, 3.63) is 82.7 Å². The number of likely N-dealkylation sites (N-methyl/N-ethyl adjacent to an activating group) is 1. The number of carbonyl (C=O) groups is 1. The fourth-order valence-electron chi connectivity index (χ4n) is 3.55. The zero-order valence-corrected chi connectivity index (χ0v) is 18.5. The highest BCUT2D eigenvalue weighted by molar-refractivity contribution is 5.87. The van der Waals surface area contributed by atoms with Crippen LogP contribution in [0.25, 0.3) is 5.69 Å². The highest BCUT2D eigenvalue weighted by atomic mass is 35.5. The molecular weight excluding hydrogens is 384 g/mol. The molecule has 154 valence electrons. The van der Waals surface area contributed by atoms with E-state index in [1.165, 1.54) is 0 Å². The number of nitrogens with two attached hydrogens (primary N) is 1. The first kappa shape index (κ1) is 22.7. The lowest BCUT2D eigenvalue weighted by Gasteiger charge is -2.29. The topological polar surface area (TPSA) is 64.2 Å². The van der Waals surface area contributed by atoms with E-state index in [1.54, 1.807) is 18.9 Å². The SMILES string of the molecule is Cc1ccccc1-n1nc(C)c(CN(C)C(=O)C(C)(N)c2ccccc2)c1C.Cl. The number of hydrogen-bond acceptors (Lipinski definition) is 3. The van der Waals surface area contributed by atoms with Gasteiger partial charge in [0.25, 0.3) is 0 Å². The van der Waals surface area contributed by atoms with Gasteiger partial charge in [0.15, 0.2) is 0 Å². The van der Waals surface area contributed by atoms with Crippen molar-refractivity contribution >= 4 is 18.3 Å². The zero-order valence-electron chi connectivity index (χ0n) is 17.6. The Kier molecular flexibility index (Phi) is 6.88. The van der Waals surface area contributed by atoms with Gasteiger partial charge in [0.2, 0.25) is 5.91 Å². The third kappa shape index (κ3) is 4.36. The third-order valence-electron chi connectivity index (χ3n) is 5.34. The summed E-state index contributed by atoms with van der Waals surface area (Å²) in [5.41, 5.74) is 11.3. The van der Waals surface area contributed by atoms with Crippen molar-refractivity contribution in [2.45, 2.75) is 39.8 Å². The molecule has 1 heterocycles. The minimum absolute atomic E-state index is 0. The second kappa shape index (κ2) is 8.80. The van der Waals surface area contributed by atoms with Crippen LogP contribution in [0.3, 0.4) is 0 Å². The molecule has 0 saturated carbocycles. The molecule has 2 aromatic carbocycles. The molecule has 1 atom stereocenters. The molecule has 29 heavy (non-hydrogen) atoms. The van der Waals surface area contributed by atoms with E-state index in [9.17, 15) is 4.79 Å². The Morgan fingerprint density at radius 1 is 1.07 bits per heavy atom. The molecule has 0 spiro atoms. The number of hydrogen-bond donors (Lipinski definition) is 1. The average molecular weight is 413 g/mol. The van der Waals surface area contributed by atoms with Gasteiger partial charge in [-0.3, -0.25) is 4.79 Å². The van der Waals surface area contributed by atoms with Crippen LogP contribution in [0.15, 0.2) is 54.6 Å². The lowest BCUT2D eigenvalue weighted by atomic mass is 9.91. The van der Waals surface area contributed by atoms with Crippen LogP contribution in [0.2, 0.25) is 0 Å². The number of para-hydroxylation sites is 1. The number of carbonyl (C=O) groups excluding carboxylic acids is 1. The predicted octanol–water partition coefficient (Wildman–Crippen LogP) is 4.05. The van der Waals surface area contributed by atoms with Crippen LogP contribution in [-0.2, 0) is 16.9 Å². The molecule has 6 heteroatoms. The second-order valence-electron chi connectivity index (χ2n) is 7.58. The smallest absolute Gasteiger partial charge is 0.247 e. The molecular formula is C23H29ClN4O. The van der Waals surface area contributed by atoms with Crippen molar-refractivity contribution in [1.29, 1.82) is 0 Å². The summed E-state index contributed by atoms with van der Waals surface area (Å²) in [6.45, 7) is 8.31. The Hall–Kier alpha value is -2.63. The fraction of sp³-hybridized carbons (Fsp3) is 0.304. The van der Waals surface area contributed by atoms with Crippen molar-refractivity contribution in [3.8, 4) is 5.69 Å². The number of amides is 1. The van der Waals surface area contributed by atoms with Crippen LogP contribution in [0.1, 0.15) is 35.0 Å². The van der Waals surface area contributed by atoms with Crippen LogP contribution in [0, 0.1) is 20.8 Å². The van der Waals surface area contributed by atoms with Gasteiger partial charge in [0.05, 0.1) is 11.4 Å². The maximum Gasteiger partial charge on any atom is 0.247 e. The molecule has 1 aromatic heterocycles. The molecule has 0 aliphatic carbocycles. The predicted molar refractivity (Wildman–Crippen MR) is 119 cm³/mol. The Bertz CT molecular complexity index is 995. The normalized spacial score (nSPS) is 12.8. The first-order valence-corrected chi connectivity index (χ1v) is 9.44. The lowest BCUT2D eigenvalue weighted by molar-refractivity contribution is -0.136. The van der Waals surface area contributed by atoms with Gasteiger partial charge in [-0.15, -0.1) is 12.4 Å². The van der Waals surface area contributed by atoms with E-state index < -0.39 is 5.54 Å². The minimum Gasteiger partial charge on any atom is -0.339 e. The van der Waals surface area contributed by atoms with Gasteiger partial charge in [-0.05, 0) is 44.9 Å². The quantitative estimate of drug-likeness (QED) is 0.687. The van der Waals surface area contributed by atoms with Gasteiger partial charge in [-0.2, -0.15) is 5.10 Å². The molecule has 0 bridgehead atoms. The zero-order chi connectivity index (χ0) is 20.5. The molecule has 1 unspecified atom stereocenters. The molecule has 0 aliphatic rings. The fourth-order valence-corrected chi connectivity index (χ4v) is 3.55. The van der Waals surface area contributed by atoms with Gasteiger partial charge >= 0.3 is 0 Å². The number of halogens is 1. The van der Waals surface area contributed by atoms with Gasteiger partial charge in [0.1, 0.15) is 5.54 Å². The van der Waals surface area contributed by atoms with E-state index in [0.717, 1.165) is 33.8 Å². The number of benzene rings is 2. The average Bonchev–Trinajstić information content (AvgIpc) is 2.96. The van der Waals surface area contributed by atoms with Gasteiger partial charge in [-0.1, -0.05) is 48.5 Å². The summed E-state index contributed by atoms with van der Waals surface area (Å²) in [6, 6.07) is 17.6. The van der Waals surface area contributed by atoms with E-state index in [-0.39, 0.29) is 18.3 Å². The summed E-state index contributed by atoms with van der Waals surface area (Å²) in [4.78, 5) is 14.8. The molecule has 3 rings (SSSR count). The molecule has 0 radical (unpaired) electrons. The number of rotatable bonds is 5. The van der Waals surface area contributed by atoms with Crippen LogP contribution in [-0.4, -0.2) is 27.6 Å². The van der Waals surface area contributed by atoms with Crippen molar-refractivity contribution in [2.24, 2.45) is 5.73 Å². The number of aromatic nitrogens is 2. The number of aryl methyl sites for hydroxylation is 2. The molecule has 2 N–H and O–H groups in total. The molecule has 0 fully saturated rings. The molecule has 5 nitrogen and oxygen atoms in total. The monoisotopic (exact) mass is 412 g/mol. The minimum atomic E-state index is -1.08. The van der Waals surface area contributed by atoms with Gasteiger partial charge < -0.3 is 10.6 Å². The summed E-state index contributed by atoms with van der Waals surface area (Å²) in [5.74, 6) is -0.124. The van der Waals surface area contributed by atoms with E-state index in [4.69, 9.17) is 10.8 Å². The largest absolute Gasteiger partial charge is 0.339 e. The molecule has 0 aliphatic heterocycles. The number of nitrogens with zero attached hydrogens (tertiary/aromatic N) is 3. The Morgan fingerprint density at radius 2 is 1.66 bits per heavy atom. The first-order valence-electron chi connectivity index (χ1n) is 9.44. The van der Waals surface area contributed by atoms with Crippen molar-refractivity contribution < 1.29 is 4.79 Å². The molecule has 3 aromatic rings. The second-order valence-corrected chi connectivity index (χ2v) is 7.58. The first-order chi connectivity index (χ1) is 13.2. The van der Waals surface area contributed by atoms with Crippen LogP contribution in [0.4, 0.5) is 0 Å². The van der Waals surface area contributed by atoms with E-state index in [0.29, 0.717) is 6.54 Å². The molecule has 0 saturated heterocycles. The van der Waals surface area contributed by atoms with Crippen molar-refractivity contribution in [1.82, 2.24) is 14.7 Å². The van der Waals surface area contributed by atoms with Gasteiger partial charge in [0, 0.05) is 24.8 Å². The van der Waals surface area contributed by atoms with Crippen LogP contribution in [0.5, 0.6) is 0 Å². The summed E-state index contributed by atoms with van der Waals surface area (Å²) in [6.07, 6.45) is 0. The maximum atomic E-state index is 13.1. The maximum absolute atomic E-state index is 13.1. The van der Waals surface area contributed by atoms with Crippen LogP contribution >= 0.6 is 12.4 Å². The van der Waals surface area contributed by atoms with Gasteiger partial charge in [-0.25, -0.2) is 4.68 Å².